The van der Waals surface area contributed by atoms with Crippen LogP contribution in [0, 0.1) is 5.92 Å². The van der Waals surface area contributed by atoms with Crippen LogP contribution < -0.4 is 0 Å². The summed E-state index contributed by atoms with van der Waals surface area (Å²) >= 11 is 3.91. The second-order valence-electron chi connectivity index (χ2n) is 4.91. The number of hydrogen-bond acceptors (Lipinski definition) is 0. The third kappa shape index (κ3) is 3.84. The highest BCUT2D eigenvalue weighted by molar-refractivity contribution is 9.09. The Morgan fingerprint density at radius 3 is 2.35 bits per heavy atom. The summed E-state index contributed by atoms with van der Waals surface area (Å²) in [5.74, 6) is 0.706. The van der Waals surface area contributed by atoms with Gasteiger partial charge in [0.25, 0.3) is 0 Å². The molecule has 0 bridgehead atoms. The number of hydrogen-bond donors (Lipinski definition) is 0. The van der Waals surface area contributed by atoms with E-state index in [0.717, 1.165) is 12.8 Å². The summed E-state index contributed by atoms with van der Waals surface area (Å²) in [5.41, 5.74) is 4.45. The van der Waals surface area contributed by atoms with Gasteiger partial charge < -0.3 is 0 Å². The highest BCUT2D eigenvalue weighted by Crippen LogP contribution is 2.36. The predicted octanol–water partition coefficient (Wildman–Crippen LogP) is 5.68. The zero-order chi connectivity index (χ0) is 12.8. The van der Waals surface area contributed by atoms with Gasteiger partial charge in [-0.1, -0.05) is 68.2 Å². The lowest BCUT2D eigenvalue weighted by molar-refractivity contribution is 0.516. The number of halogens is 1. The molecule has 1 aromatic carbocycles. The zero-order valence-corrected chi connectivity index (χ0v) is 13.2. The van der Waals surface area contributed by atoms with Crippen molar-refractivity contribution in [3.05, 3.63) is 34.9 Å². The summed E-state index contributed by atoms with van der Waals surface area (Å²) in [7, 11) is 0. The molecule has 0 aliphatic rings. The maximum Gasteiger partial charge on any atom is 0.0423 e. The smallest absolute Gasteiger partial charge is 0.0423 e. The molecular formula is C16H25Br. The second kappa shape index (κ2) is 7.20. The fourth-order valence-corrected chi connectivity index (χ4v) is 3.04. The largest absolute Gasteiger partial charge is 0.0836 e. The molecule has 0 amide bonds. The Hall–Kier alpha value is -0.300. The van der Waals surface area contributed by atoms with Gasteiger partial charge >= 0.3 is 0 Å². The Morgan fingerprint density at radius 2 is 1.82 bits per heavy atom. The van der Waals surface area contributed by atoms with E-state index in [2.05, 4.69) is 61.8 Å². The molecule has 0 radical (unpaired) electrons. The van der Waals surface area contributed by atoms with E-state index in [0.29, 0.717) is 10.7 Å². The van der Waals surface area contributed by atoms with E-state index in [9.17, 15) is 0 Å². The van der Waals surface area contributed by atoms with Crippen molar-refractivity contribution < 1.29 is 0 Å². The third-order valence-corrected chi connectivity index (χ3v) is 4.94. The van der Waals surface area contributed by atoms with Gasteiger partial charge in [0.2, 0.25) is 0 Å². The highest BCUT2D eigenvalue weighted by Gasteiger charge is 2.18. The van der Waals surface area contributed by atoms with E-state index in [1.807, 2.05) is 0 Å². The average Bonchev–Trinajstić information content (AvgIpc) is 2.37. The van der Waals surface area contributed by atoms with Crippen LogP contribution in [-0.2, 0) is 12.8 Å². The van der Waals surface area contributed by atoms with Crippen LogP contribution in [0.3, 0.4) is 0 Å². The van der Waals surface area contributed by atoms with Crippen LogP contribution in [0.5, 0.6) is 0 Å². The van der Waals surface area contributed by atoms with Gasteiger partial charge in [-0.3, -0.25) is 0 Å². The van der Waals surface area contributed by atoms with E-state index in [1.54, 1.807) is 0 Å². The van der Waals surface area contributed by atoms with Crippen molar-refractivity contribution in [3.8, 4) is 0 Å². The average molecular weight is 297 g/mol. The summed E-state index contributed by atoms with van der Waals surface area (Å²) in [5, 5.41) is 0. The molecule has 17 heavy (non-hydrogen) atoms. The van der Waals surface area contributed by atoms with Crippen molar-refractivity contribution in [1.29, 1.82) is 0 Å². The van der Waals surface area contributed by atoms with Crippen LogP contribution in [0.2, 0.25) is 0 Å². The van der Waals surface area contributed by atoms with Gasteiger partial charge in [0.05, 0.1) is 0 Å². The highest BCUT2D eigenvalue weighted by atomic mass is 79.9. The van der Waals surface area contributed by atoms with Gasteiger partial charge in [0.1, 0.15) is 0 Å². The third-order valence-electron chi connectivity index (χ3n) is 3.54. The number of rotatable bonds is 6. The molecule has 0 aliphatic heterocycles. The molecule has 1 aromatic rings. The summed E-state index contributed by atoms with van der Waals surface area (Å²) in [6.45, 7) is 9.08. The second-order valence-corrected chi connectivity index (χ2v) is 5.89. The first-order chi connectivity index (χ1) is 8.13. The maximum absolute atomic E-state index is 3.91. The van der Waals surface area contributed by atoms with Crippen LogP contribution in [0.15, 0.2) is 18.2 Å². The first-order valence-corrected chi connectivity index (χ1v) is 7.81. The quantitative estimate of drug-likeness (QED) is 0.592. The van der Waals surface area contributed by atoms with Crippen molar-refractivity contribution in [2.75, 3.05) is 0 Å². The van der Waals surface area contributed by atoms with Crippen molar-refractivity contribution in [2.24, 2.45) is 5.92 Å². The Balaban J connectivity index is 3.00. The lowest BCUT2D eigenvalue weighted by Crippen LogP contribution is -2.06. The first kappa shape index (κ1) is 14.8. The molecule has 0 saturated heterocycles. The number of aryl methyl sites for hydroxylation is 2. The molecule has 0 aromatic heterocycles. The lowest BCUT2D eigenvalue weighted by atomic mass is 9.91. The van der Waals surface area contributed by atoms with Gasteiger partial charge in [-0.05, 0) is 41.9 Å². The molecule has 0 heterocycles. The minimum Gasteiger partial charge on any atom is -0.0836 e. The van der Waals surface area contributed by atoms with E-state index >= 15 is 0 Å². The van der Waals surface area contributed by atoms with E-state index in [-0.39, 0.29) is 0 Å². The molecule has 1 rings (SSSR count). The summed E-state index contributed by atoms with van der Waals surface area (Å²) in [6.07, 6.45) is 4.80. The molecule has 0 fully saturated rings. The van der Waals surface area contributed by atoms with Crippen molar-refractivity contribution in [1.82, 2.24) is 0 Å². The first-order valence-electron chi connectivity index (χ1n) is 6.89. The van der Waals surface area contributed by atoms with Gasteiger partial charge in [0, 0.05) is 4.83 Å². The molecule has 0 N–H and O–H groups in total. The van der Waals surface area contributed by atoms with Crippen molar-refractivity contribution in [2.45, 2.75) is 58.2 Å². The summed E-state index contributed by atoms with van der Waals surface area (Å²) < 4.78 is 0. The molecule has 2 atom stereocenters. The minimum absolute atomic E-state index is 0.504. The van der Waals surface area contributed by atoms with Crippen molar-refractivity contribution >= 4 is 15.9 Å². The molecule has 96 valence electrons. The molecule has 1 heteroatoms. The minimum atomic E-state index is 0.504. The molecule has 0 aliphatic carbocycles. The SMILES string of the molecule is CCCC(C)C(Br)c1cc(CC)ccc1CC. The van der Waals surface area contributed by atoms with E-state index in [4.69, 9.17) is 0 Å². The van der Waals surface area contributed by atoms with Crippen LogP contribution in [0.25, 0.3) is 0 Å². The van der Waals surface area contributed by atoms with Gasteiger partial charge in [-0.25, -0.2) is 0 Å². The Kier molecular flexibility index (Phi) is 6.26. The van der Waals surface area contributed by atoms with Gasteiger partial charge in [-0.2, -0.15) is 0 Å². The van der Waals surface area contributed by atoms with Gasteiger partial charge in [-0.15, -0.1) is 0 Å². The van der Waals surface area contributed by atoms with Crippen molar-refractivity contribution in [3.63, 3.8) is 0 Å². The topological polar surface area (TPSA) is 0 Å². The predicted molar refractivity (Wildman–Crippen MR) is 80.9 cm³/mol. The Labute approximate surface area is 115 Å². The maximum atomic E-state index is 3.91. The molecular weight excluding hydrogens is 272 g/mol. The zero-order valence-electron chi connectivity index (χ0n) is 11.6. The number of alkyl halides is 1. The van der Waals surface area contributed by atoms with E-state index < -0.39 is 0 Å². The van der Waals surface area contributed by atoms with Crippen LogP contribution in [-0.4, -0.2) is 0 Å². The van der Waals surface area contributed by atoms with Crippen LogP contribution in [0.4, 0.5) is 0 Å². The normalized spacial score (nSPS) is 14.6. The molecule has 0 nitrogen and oxygen atoms in total. The number of benzene rings is 1. The molecule has 2 unspecified atom stereocenters. The molecule has 0 spiro atoms. The monoisotopic (exact) mass is 296 g/mol. The standard InChI is InChI=1S/C16H25Br/c1-5-8-12(4)16(17)15-11-13(6-2)9-10-14(15)7-3/h9-12,16H,5-8H2,1-4H3. The van der Waals surface area contributed by atoms with Crippen LogP contribution in [0.1, 0.15) is 62.1 Å². The Morgan fingerprint density at radius 1 is 1.12 bits per heavy atom. The van der Waals surface area contributed by atoms with Crippen LogP contribution >= 0.6 is 15.9 Å². The Bertz CT molecular complexity index is 343. The fourth-order valence-electron chi connectivity index (χ4n) is 2.35. The van der Waals surface area contributed by atoms with Gasteiger partial charge in [0.15, 0.2) is 0 Å². The summed E-state index contributed by atoms with van der Waals surface area (Å²) in [4.78, 5) is 0.504. The lowest BCUT2D eigenvalue weighted by Gasteiger charge is -2.21. The molecule has 0 saturated carbocycles. The van der Waals surface area contributed by atoms with E-state index in [1.165, 1.54) is 29.5 Å². The summed E-state index contributed by atoms with van der Waals surface area (Å²) in [6, 6.07) is 6.97. The fraction of sp³-hybridized carbons (Fsp3) is 0.625.